The van der Waals surface area contributed by atoms with Crippen molar-refractivity contribution < 1.29 is 0 Å². The van der Waals surface area contributed by atoms with Gasteiger partial charge in [-0.25, -0.2) is 0 Å². The average molecular weight is 152 g/mol. The molecular weight excluding hydrogens is 136 g/mol. The molecule has 0 heterocycles. The van der Waals surface area contributed by atoms with Crippen molar-refractivity contribution in [2.75, 3.05) is 0 Å². The molecule has 0 rings (SSSR count). The van der Waals surface area contributed by atoms with Crippen LogP contribution < -0.4 is 5.73 Å². The van der Waals surface area contributed by atoms with Gasteiger partial charge in [-0.05, 0) is 11.8 Å². The van der Waals surface area contributed by atoms with Crippen LogP contribution in [-0.4, -0.2) is 0 Å². The van der Waals surface area contributed by atoms with Crippen molar-refractivity contribution in [1.29, 1.82) is 5.26 Å². The van der Waals surface area contributed by atoms with Crippen molar-refractivity contribution in [2.24, 2.45) is 17.6 Å². The molecule has 0 fully saturated rings. The van der Waals surface area contributed by atoms with Crippen LogP contribution in [0.5, 0.6) is 0 Å². The van der Waals surface area contributed by atoms with Gasteiger partial charge >= 0.3 is 0 Å². The molecule has 2 N–H and O–H groups in total. The van der Waals surface area contributed by atoms with Gasteiger partial charge in [0.05, 0.1) is 11.6 Å². The standard InChI is InChI=1S/C9H16N2/c1-6(2)8(5-10)9(11)7(3)4/h6-7H,11H2,1-4H3. The van der Waals surface area contributed by atoms with Crippen molar-refractivity contribution >= 4 is 0 Å². The minimum absolute atomic E-state index is 0.238. The lowest BCUT2D eigenvalue weighted by molar-refractivity contribution is 0.700. The van der Waals surface area contributed by atoms with Crippen LogP contribution in [0.1, 0.15) is 27.7 Å². The largest absolute Gasteiger partial charge is 0.401 e. The van der Waals surface area contributed by atoms with Crippen LogP contribution in [0.15, 0.2) is 11.3 Å². The summed E-state index contributed by atoms with van der Waals surface area (Å²) in [5.41, 5.74) is 7.18. The zero-order valence-corrected chi connectivity index (χ0v) is 7.68. The smallest absolute Gasteiger partial charge is 0.0968 e. The molecule has 0 unspecified atom stereocenters. The van der Waals surface area contributed by atoms with E-state index in [2.05, 4.69) is 6.07 Å². The zero-order chi connectivity index (χ0) is 9.02. The third kappa shape index (κ3) is 2.63. The van der Waals surface area contributed by atoms with Crippen LogP contribution in [0.2, 0.25) is 0 Å². The highest BCUT2D eigenvalue weighted by atomic mass is 14.6. The van der Waals surface area contributed by atoms with E-state index in [-0.39, 0.29) is 11.8 Å². The molecule has 0 aromatic carbocycles. The molecule has 0 radical (unpaired) electrons. The van der Waals surface area contributed by atoms with Crippen molar-refractivity contribution in [1.82, 2.24) is 0 Å². The van der Waals surface area contributed by atoms with E-state index >= 15 is 0 Å². The molecule has 0 aliphatic carbocycles. The Kier molecular flexibility index (Phi) is 3.67. The molecule has 0 saturated carbocycles. The topological polar surface area (TPSA) is 49.8 Å². The lowest BCUT2D eigenvalue weighted by Gasteiger charge is -2.10. The Hall–Kier alpha value is -0.970. The molecule has 0 amide bonds. The predicted octanol–water partition coefficient (Wildman–Crippen LogP) is 2.03. The molecule has 2 nitrogen and oxygen atoms in total. The van der Waals surface area contributed by atoms with Crippen molar-refractivity contribution in [3.8, 4) is 6.07 Å². The molecule has 0 bridgehead atoms. The van der Waals surface area contributed by atoms with Gasteiger partial charge in [-0.15, -0.1) is 0 Å². The van der Waals surface area contributed by atoms with Crippen LogP contribution in [-0.2, 0) is 0 Å². The molecule has 2 heteroatoms. The van der Waals surface area contributed by atoms with E-state index in [0.29, 0.717) is 0 Å². The number of hydrogen-bond acceptors (Lipinski definition) is 2. The highest BCUT2D eigenvalue weighted by Gasteiger charge is 2.09. The summed E-state index contributed by atoms with van der Waals surface area (Å²) in [7, 11) is 0. The Balaban J connectivity index is 4.73. The maximum Gasteiger partial charge on any atom is 0.0968 e. The van der Waals surface area contributed by atoms with Crippen LogP contribution in [0, 0.1) is 23.2 Å². The lowest BCUT2D eigenvalue weighted by atomic mass is 9.97. The number of allylic oxidation sites excluding steroid dienone is 2. The quantitative estimate of drug-likeness (QED) is 0.615. The van der Waals surface area contributed by atoms with E-state index in [4.69, 9.17) is 11.0 Å². The first-order chi connectivity index (χ1) is 5.00. The van der Waals surface area contributed by atoms with Crippen LogP contribution in [0.3, 0.4) is 0 Å². The summed E-state index contributed by atoms with van der Waals surface area (Å²) in [6.45, 7) is 7.95. The number of nitrogens with two attached hydrogens (primary N) is 1. The summed E-state index contributed by atoms with van der Waals surface area (Å²) in [5.74, 6) is 0.509. The Morgan fingerprint density at radius 2 is 1.64 bits per heavy atom. The second-order valence-corrected chi connectivity index (χ2v) is 3.29. The van der Waals surface area contributed by atoms with Gasteiger partial charge in [-0.3, -0.25) is 0 Å². The van der Waals surface area contributed by atoms with E-state index in [0.717, 1.165) is 11.3 Å². The summed E-state index contributed by atoms with van der Waals surface area (Å²) in [4.78, 5) is 0. The predicted molar refractivity (Wildman–Crippen MR) is 46.5 cm³/mol. The fourth-order valence-corrected chi connectivity index (χ4v) is 0.838. The molecule has 0 aromatic rings. The monoisotopic (exact) mass is 152 g/mol. The maximum absolute atomic E-state index is 8.73. The maximum atomic E-state index is 8.73. The molecule has 0 aliphatic rings. The van der Waals surface area contributed by atoms with Crippen LogP contribution >= 0.6 is 0 Å². The van der Waals surface area contributed by atoms with Crippen molar-refractivity contribution in [2.45, 2.75) is 27.7 Å². The van der Waals surface area contributed by atoms with E-state index in [1.165, 1.54) is 0 Å². The van der Waals surface area contributed by atoms with Gasteiger partial charge in [0, 0.05) is 5.70 Å². The fourth-order valence-electron chi connectivity index (χ4n) is 0.838. The van der Waals surface area contributed by atoms with E-state index < -0.39 is 0 Å². The minimum Gasteiger partial charge on any atom is -0.401 e. The summed E-state index contributed by atoms with van der Waals surface area (Å²) in [6.07, 6.45) is 0. The first kappa shape index (κ1) is 10.0. The van der Waals surface area contributed by atoms with Gasteiger partial charge in [0.25, 0.3) is 0 Å². The normalized spacial score (nSPS) is 13.2. The van der Waals surface area contributed by atoms with E-state index in [9.17, 15) is 0 Å². The molecular formula is C9H16N2. The second-order valence-electron chi connectivity index (χ2n) is 3.29. The molecule has 0 atom stereocenters. The molecule has 0 aliphatic heterocycles. The number of hydrogen-bond donors (Lipinski definition) is 1. The highest BCUT2D eigenvalue weighted by Crippen LogP contribution is 2.15. The second kappa shape index (κ2) is 4.02. The average Bonchev–Trinajstić information content (AvgIpc) is 1.88. The molecule has 11 heavy (non-hydrogen) atoms. The molecule has 0 saturated heterocycles. The first-order valence-corrected chi connectivity index (χ1v) is 3.90. The van der Waals surface area contributed by atoms with Crippen molar-refractivity contribution in [3.05, 3.63) is 11.3 Å². The van der Waals surface area contributed by atoms with Gasteiger partial charge in [0.2, 0.25) is 0 Å². The number of nitrogens with zero attached hydrogens (tertiary/aromatic N) is 1. The van der Waals surface area contributed by atoms with Gasteiger partial charge in [0.15, 0.2) is 0 Å². The summed E-state index contributed by atoms with van der Waals surface area (Å²) >= 11 is 0. The van der Waals surface area contributed by atoms with Gasteiger partial charge in [-0.1, -0.05) is 27.7 Å². The Morgan fingerprint density at radius 1 is 1.18 bits per heavy atom. The fraction of sp³-hybridized carbons (Fsp3) is 0.667. The van der Waals surface area contributed by atoms with Crippen LogP contribution in [0.4, 0.5) is 0 Å². The summed E-state index contributed by atoms with van der Waals surface area (Å²) in [5, 5.41) is 8.73. The Morgan fingerprint density at radius 3 is 1.73 bits per heavy atom. The van der Waals surface area contributed by atoms with E-state index in [1.807, 2.05) is 27.7 Å². The first-order valence-electron chi connectivity index (χ1n) is 3.90. The van der Waals surface area contributed by atoms with Gasteiger partial charge in [0.1, 0.15) is 0 Å². The van der Waals surface area contributed by atoms with Crippen LogP contribution in [0.25, 0.3) is 0 Å². The van der Waals surface area contributed by atoms with Crippen molar-refractivity contribution in [3.63, 3.8) is 0 Å². The SMILES string of the molecule is CC(C)C(N)=C(C#N)C(C)C. The zero-order valence-electron chi connectivity index (χ0n) is 7.68. The van der Waals surface area contributed by atoms with Gasteiger partial charge < -0.3 is 5.73 Å². The molecule has 62 valence electrons. The number of rotatable bonds is 2. The third-order valence-corrected chi connectivity index (χ3v) is 1.63. The summed E-state index contributed by atoms with van der Waals surface area (Å²) < 4.78 is 0. The summed E-state index contributed by atoms with van der Waals surface area (Å²) in [6, 6.07) is 2.14. The van der Waals surface area contributed by atoms with Gasteiger partial charge in [-0.2, -0.15) is 5.26 Å². The molecule has 0 spiro atoms. The lowest BCUT2D eigenvalue weighted by Crippen LogP contribution is -2.11. The minimum atomic E-state index is 0.238. The molecule has 0 aromatic heterocycles. The number of nitriles is 1. The Bertz CT molecular complexity index is 194. The Labute approximate surface area is 68.7 Å². The third-order valence-electron chi connectivity index (χ3n) is 1.63. The van der Waals surface area contributed by atoms with E-state index in [1.54, 1.807) is 0 Å². The highest BCUT2D eigenvalue weighted by molar-refractivity contribution is 5.28.